The third-order valence-electron chi connectivity index (χ3n) is 3.25. The number of nitrogens with zero attached hydrogens (tertiary/aromatic N) is 1. The van der Waals surface area contributed by atoms with E-state index in [9.17, 15) is 0 Å². The number of aromatic nitrogens is 1. The first-order valence-corrected chi connectivity index (χ1v) is 6.03. The highest BCUT2D eigenvalue weighted by molar-refractivity contribution is 6.06. The van der Waals surface area contributed by atoms with Gasteiger partial charge in [-0.15, -0.1) is 0 Å². The summed E-state index contributed by atoms with van der Waals surface area (Å²) in [7, 11) is 0. The molecule has 0 saturated carbocycles. The average molecular weight is 212 g/mol. The lowest BCUT2D eigenvalue weighted by Gasteiger charge is -2.12. The molecule has 1 aliphatic heterocycles. The van der Waals surface area contributed by atoms with Crippen LogP contribution in [0.25, 0.3) is 10.9 Å². The summed E-state index contributed by atoms with van der Waals surface area (Å²) in [5, 5.41) is 1.38. The summed E-state index contributed by atoms with van der Waals surface area (Å²) in [6.45, 7) is 3.16. The Kier molecular flexibility index (Phi) is 2.28. The van der Waals surface area contributed by atoms with Crippen LogP contribution in [-0.2, 0) is 6.42 Å². The van der Waals surface area contributed by atoms with Gasteiger partial charge in [-0.05, 0) is 24.5 Å². The van der Waals surface area contributed by atoms with E-state index in [0.29, 0.717) is 0 Å². The number of hydrogen-bond donors (Lipinski definition) is 1. The van der Waals surface area contributed by atoms with Gasteiger partial charge in [0.25, 0.3) is 0 Å². The molecule has 0 radical (unpaired) electrons. The smallest absolute Gasteiger partial charge is 0.0638 e. The summed E-state index contributed by atoms with van der Waals surface area (Å²) < 4.78 is 0. The number of fused-ring (bicyclic) bond motifs is 3. The Morgan fingerprint density at radius 3 is 3.06 bits per heavy atom. The molecule has 1 N–H and O–H groups in total. The number of hydrogen-bond acceptors (Lipinski definition) is 1. The van der Waals surface area contributed by atoms with Gasteiger partial charge in [-0.25, -0.2) is 0 Å². The first-order valence-electron chi connectivity index (χ1n) is 6.03. The largest absolute Gasteiger partial charge is 0.353 e. The normalized spacial score (nSPS) is 14.9. The lowest BCUT2D eigenvalue weighted by atomic mass is 10.0. The van der Waals surface area contributed by atoms with Gasteiger partial charge in [-0.3, -0.25) is 4.99 Å². The van der Waals surface area contributed by atoms with Crippen LogP contribution >= 0.6 is 0 Å². The van der Waals surface area contributed by atoms with E-state index in [2.05, 4.69) is 41.2 Å². The second-order valence-electron chi connectivity index (χ2n) is 4.35. The number of rotatable bonds is 2. The molecule has 82 valence electrons. The zero-order valence-electron chi connectivity index (χ0n) is 9.59. The van der Waals surface area contributed by atoms with Crippen molar-refractivity contribution in [3.05, 3.63) is 35.5 Å². The topological polar surface area (TPSA) is 28.1 Å². The van der Waals surface area contributed by atoms with Gasteiger partial charge in [0.1, 0.15) is 0 Å². The molecule has 0 fully saturated rings. The summed E-state index contributed by atoms with van der Waals surface area (Å²) in [6, 6.07) is 8.55. The highest BCUT2D eigenvalue weighted by Crippen LogP contribution is 2.26. The molecule has 2 nitrogen and oxygen atoms in total. The van der Waals surface area contributed by atoms with Gasteiger partial charge < -0.3 is 4.98 Å². The standard InChI is InChI=1S/C14H16N2/c1-2-5-13-14-11(8-9-15-13)10-6-3-4-7-12(10)16-14/h3-4,6-7,16H,2,5,8-9H2,1H3. The van der Waals surface area contributed by atoms with E-state index in [0.717, 1.165) is 25.8 Å². The molecular formula is C14H16N2. The number of benzene rings is 1. The van der Waals surface area contributed by atoms with Crippen molar-refractivity contribution in [2.75, 3.05) is 6.54 Å². The third kappa shape index (κ3) is 1.37. The molecule has 0 atom stereocenters. The van der Waals surface area contributed by atoms with E-state index in [4.69, 9.17) is 0 Å². The molecule has 1 aliphatic rings. The maximum absolute atomic E-state index is 4.64. The Labute approximate surface area is 95.4 Å². The summed E-state index contributed by atoms with van der Waals surface area (Å²) >= 11 is 0. The molecule has 0 bridgehead atoms. The third-order valence-corrected chi connectivity index (χ3v) is 3.25. The molecule has 2 heteroatoms. The molecule has 2 heterocycles. The van der Waals surface area contributed by atoms with Crippen molar-refractivity contribution in [2.24, 2.45) is 4.99 Å². The maximum Gasteiger partial charge on any atom is 0.0638 e. The van der Waals surface area contributed by atoms with Gasteiger partial charge in [-0.2, -0.15) is 0 Å². The number of para-hydroxylation sites is 1. The second-order valence-corrected chi connectivity index (χ2v) is 4.35. The van der Waals surface area contributed by atoms with Crippen LogP contribution in [0.4, 0.5) is 0 Å². The Morgan fingerprint density at radius 1 is 1.31 bits per heavy atom. The predicted molar refractivity (Wildman–Crippen MR) is 68.3 cm³/mol. The summed E-state index contributed by atoms with van der Waals surface area (Å²) in [6.07, 6.45) is 3.32. The van der Waals surface area contributed by atoms with Gasteiger partial charge in [0, 0.05) is 17.4 Å². The molecule has 0 unspecified atom stereocenters. The van der Waals surface area contributed by atoms with Crippen LogP contribution in [0.5, 0.6) is 0 Å². The van der Waals surface area contributed by atoms with E-state index in [1.54, 1.807) is 0 Å². The second kappa shape index (κ2) is 3.78. The maximum atomic E-state index is 4.64. The molecule has 1 aromatic carbocycles. The average Bonchev–Trinajstić information content (AvgIpc) is 2.69. The van der Waals surface area contributed by atoms with Gasteiger partial charge >= 0.3 is 0 Å². The van der Waals surface area contributed by atoms with E-state index in [-0.39, 0.29) is 0 Å². The molecule has 2 aromatic rings. The number of aromatic amines is 1. The molecule has 0 spiro atoms. The molecule has 0 aliphatic carbocycles. The van der Waals surface area contributed by atoms with Gasteiger partial charge in [0.05, 0.1) is 11.4 Å². The summed E-state index contributed by atoms with van der Waals surface area (Å²) in [5.74, 6) is 0. The summed E-state index contributed by atoms with van der Waals surface area (Å²) in [4.78, 5) is 8.16. The van der Waals surface area contributed by atoms with E-state index < -0.39 is 0 Å². The Hall–Kier alpha value is -1.57. The Balaban J connectivity index is 2.19. The van der Waals surface area contributed by atoms with Crippen molar-refractivity contribution < 1.29 is 0 Å². The zero-order chi connectivity index (χ0) is 11.0. The van der Waals surface area contributed by atoms with Crippen LogP contribution in [0.3, 0.4) is 0 Å². The van der Waals surface area contributed by atoms with Crippen LogP contribution in [0.1, 0.15) is 31.0 Å². The van der Waals surface area contributed by atoms with Crippen molar-refractivity contribution in [1.29, 1.82) is 0 Å². The van der Waals surface area contributed by atoms with Crippen LogP contribution in [-0.4, -0.2) is 17.2 Å². The lowest BCUT2D eigenvalue weighted by molar-refractivity contribution is 0.905. The van der Waals surface area contributed by atoms with Crippen LogP contribution < -0.4 is 0 Å². The van der Waals surface area contributed by atoms with Crippen LogP contribution in [0.2, 0.25) is 0 Å². The first-order chi connectivity index (χ1) is 7.90. The highest BCUT2D eigenvalue weighted by atomic mass is 14.8. The van der Waals surface area contributed by atoms with Crippen molar-refractivity contribution >= 4 is 16.6 Å². The molecule has 1 aromatic heterocycles. The Bertz CT molecular complexity index is 549. The van der Waals surface area contributed by atoms with E-state index in [1.165, 1.54) is 27.9 Å². The van der Waals surface area contributed by atoms with Gasteiger partial charge in [0.15, 0.2) is 0 Å². The minimum absolute atomic E-state index is 0.949. The van der Waals surface area contributed by atoms with Crippen LogP contribution in [0.15, 0.2) is 29.3 Å². The van der Waals surface area contributed by atoms with E-state index in [1.807, 2.05) is 0 Å². The van der Waals surface area contributed by atoms with Crippen molar-refractivity contribution in [3.63, 3.8) is 0 Å². The minimum Gasteiger partial charge on any atom is -0.353 e. The molecule has 0 saturated heterocycles. The zero-order valence-corrected chi connectivity index (χ0v) is 9.59. The first kappa shape index (κ1) is 9.64. The fourth-order valence-electron chi connectivity index (χ4n) is 2.53. The molecule has 3 rings (SSSR count). The Morgan fingerprint density at radius 2 is 2.19 bits per heavy atom. The van der Waals surface area contributed by atoms with Crippen molar-refractivity contribution in [1.82, 2.24) is 4.98 Å². The minimum atomic E-state index is 0.949. The fraction of sp³-hybridized carbons (Fsp3) is 0.357. The van der Waals surface area contributed by atoms with Gasteiger partial charge in [0.2, 0.25) is 0 Å². The number of nitrogens with one attached hydrogen (secondary N) is 1. The molecule has 16 heavy (non-hydrogen) atoms. The highest BCUT2D eigenvalue weighted by Gasteiger charge is 2.18. The van der Waals surface area contributed by atoms with E-state index >= 15 is 0 Å². The fourth-order valence-corrected chi connectivity index (χ4v) is 2.53. The van der Waals surface area contributed by atoms with Gasteiger partial charge in [-0.1, -0.05) is 31.5 Å². The SMILES string of the molecule is CCCC1=NCCc2c1[nH]c1ccccc21. The number of H-pyrrole nitrogens is 1. The quantitative estimate of drug-likeness (QED) is 0.791. The van der Waals surface area contributed by atoms with Crippen molar-refractivity contribution in [2.45, 2.75) is 26.2 Å². The molecule has 0 amide bonds. The van der Waals surface area contributed by atoms with Crippen LogP contribution in [0, 0.1) is 0 Å². The number of aliphatic imine (C=N–C) groups is 1. The lowest BCUT2D eigenvalue weighted by Crippen LogP contribution is -2.11. The van der Waals surface area contributed by atoms with Crippen molar-refractivity contribution in [3.8, 4) is 0 Å². The monoisotopic (exact) mass is 212 g/mol. The molecular weight excluding hydrogens is 196 g/mol. The predicted octanol–water partition coefficient (Wildman–Crippen LogP) is 3.31. The summed E-state index contributed by atoms with van der Waals surface area (Å²) in [5.41, 5.74) is 5.27.